The van der Waals surface area contributed by atoms with E-state index in [9.17, 15) is 10.1 Å². The highest BCUT2D eigenvalue weighted by Crippen LogP contribution is 2.23. The van der Waals surface area contributed by atoms with Crippen molar-refractivity contribution in [1.29, 1.82) is 5.26 Å². The number of aryl methyl sites for hydroxylation is 1. The number of carbonyl (C=O) groups is 1. The lowest BCUT2D eigenvalue weighted by Gasteiger charge is -2.22. The van der Waals surface area contributed by atoms with Gasteiger partial charge in [0.25, 0.3) is 0 Å². The fourth-order valence-corrected chi connectivity index (χ4v) is 2.29. The molecule has 0 unspecified atom stereocenters. The summed E-state index contributed by atoms with van der Waals surface area (Å²) in [6.07, 6.45) is 0. The summed E-state index contributed by atoms with van der Waals surface area (Å²) in [5.41, 5.74) is 4.41. The Bertz CT molecular complexity index is 713. The number of rotatable bonds is 4. The average molecular weight is 278 g/mol. The summed E-state index contributed by atoms with van der Waals surface area (Å²) >= 11 is 0. The molecule has 3 nitrogen and oxygen atoms in total. The Hall–Kier alpha value is -2.60. The normalized spacial score (nSPS) is 10.0. The van der Waals surface area contributed by atoms with Crippen LogP contribution in [0.5, 0.6) is 0 Å². The van der Waals surface area contributed by atoms with Crippen molar-refractivity contribution in [1.82, 2.24) is 0 Å². The zero-order chi connectivity index (χ0) is 15.4. The number of hydrogen-bond donors (Lipinski definition) is 0. The second-order valence-electron chi connectivity index (χ2n) is 5.18. The smallest absolute Gasteiger partial charge is 0.159 e. The quantitative estimate of drug-likeness (QED) is 0.801. The van der Waals surface area contributed by atoms with E-state index >= 15 is 0 Å². The largest absolute Gasteiger partial charge is 0.369 e. The first-order chi connectivity index (χ1) is 10.0. The summed E-state index contributed by atoms with van der Waals surface area (Å²) in [7, 11) is 1.94. The van der Waals surface area contributed by atoms with Crippen molar-refractivity contribution in [2.75, 3.05) is 11.9 Å². The molecule has 2 aromatic carbocycles. The molecular formula is C18H18N2O. The SMILES string of the molecule is CC(=O)c1ccc(C#N)c(N(C)Cc2ccccc2C)c1. The van der Waals surface area contributed by atoms with E-state index < -0.39 is 0 Å². The number of anilines is 1. The van der Waals surface area contributed by atoms with Crippen LogP contribution in [0.3, 0.4) is 0 Å². The van der Waals surface area contributed by atoms with Gasteiger partial charge in [-0.05, 0) is 43.2 Å². The van der Waals surface area contributed by atoms with Crippen molar-refractivity contribution >= 4 is 11.5 Å². The second-order valence-corrected chi connectivity index (χ2v) is 5.18. The molecule has 0 radical (unpaired) electrons. The lowest BCUT2D eigenvalue weighted by atomic mass is 10.0. The van der Waals surface area contributed by atoms with Crippen LogP contribution in [0.1, 0.15) is 34.0 Å². The van der Waals surface area contributed by atoms with Crippen LogP contribution in [0.25, 0.3) is 0 Å². The van der Waals surface area contributed by atoms with Crippen molar-refractivity contribution in [3.63, 3.8) is 0 Å². The number of hydrogen-bond acceptors (Lipinski definition) is 3. The maximum atomic E-state index is 11.5. The van der Waals surface area contributed by atoms with Crippen molar-refractivity contribution in [3.05, 3.63) is 64.7 Å². The highest BCUT2D eigenvalue weighted by Gasteiger charge is 2.11. The van der Waals surface area contributed by atoms with E-state index in [0.717, 1.165) is 5.69 Å². The molecule has 3 heteroatoms. The van der Waals surface area contributed by atoms with Gasteiger partial charge in [-0.1, -0.05) is 24.3 Å². The van der Waals surface area contributed by atoms with Crippen LogP contribution in [0.15, 0.2) is 42.5 Å². The van der Waals surface area contributed by atoms with Gasteiger partial charge >= 0.3 is 0 Å². The number of nitrogens with zero attached hydrogens (tertiary/aromatic N) is 2. The fraction of sp³-hybridized carbons (Fsp3) is 0.222. The first-order valence-electron chi connectivity index (χ1n) is 6.83. The zero-order valence-electron chi connectivity index (χ0n) is 12.6. The molecule has 0 saturated carbocycles. The molecule has 21 heavy (non-hydrogen) atoms. The third-order valence-electron chi connectivity index (χ3n) is 3.60. The maximum absolute atomic E-state index is 11.5. The molecule has 0 aromatic heterocycles. The molecule has 0 fully saturated rings. The summed E-state index contributed by atoms with van der Waals surface area (Å²) in [5, 5.41) is 9.26. The minimum atomic E-state index is 0.00466. The van der Waals surface area contributed by atoms with E-state index in [2.05, 4.69) is 25.1 Å². The van der Waals surface area contributed by atoms with E-state index in [-0.39, 0.29) is 5.78 Å². The molecule has 0 heterocycles. The summed E-state index contributed by atoms with van der Waals surface area (Å²) in [6.45, 7) is 4.30. The van der Waals surface area contributed by atoms with Gasteiger partial charge in [-0.2, -0.15) is 5.26 Å². The Morgan fingerprint density at radius 3 is 2.57 bits per heavy atom. The van der Waals surface area contributed by atoms with Crippen molar-refractivity contribution in [2.24, 2.45) is 0 Å². The molecule has 0 amide bonds. The maximum Gasteiger partial charge on any atom is 0.159 e. The molecule has 0 aliphatic rings. The highest BCUT2D eigenvalue weighted by atomic mass is 16.1. The van der Waals surface area contributed by atoms with Crippen LogP contribution in [0, 0.1) is 18.3 Å². The van der Waals surface area contributed by atoms with Crippen LogP contribution in [-0.4, -0.2) is 12.8 Å². The van der Waals surface area contributed by atoms with Gasteiger partial charge < -0.3 is 4.90 Å². The number of benzene rings is 2. The third kappa shape index (κ3) is 3.29. The molecular weight excluding hydrogens is 260 g/mol. The Morgan fingerprint density at radius 2 is 1.95 bits per heavy atom. The van der Waals surface area contributed by atoms with Gasteiger partial charge in [0.05, 0.1) is 11.3 Å². The van der Waals surface area contributed by atoms with Gasteiger partial charge in [0.1, 0.15) is 6.07 Å². The van der Waals surface area contributed by atoms with Gasteiger partial charge in [-0.25, -0.2) is 0 Å². The van der Waals surface area contributed by atoms with E-state index in [0.29, 0.717) is 17.7 Å². The highest BCUT2D eigenvalue weighted by molar-refractivity contribution is 5.95. The Labute approximate surface area is 125 Å². The number of ketones is 1. The third-order valence-corrected chi connectivity index (χ3v) is 3.60. The molecule has 0 spiro atoms. The van der Waals surface area contributed by atoms with Crippen molar-refractivity contribution < 1.29 is 4.79 Å². The first kappa shape index (κ1) is 14.8. The van der Waals surface area contributed by atoms with Crippen molar-refractivity contribution in [2.45, 2.75) is 20.4 Å². The Kier molecular flexibility index (Phi) is 4.39. The molecule has 0 aliphatic carbocycles. The standard InChI is InChI=1S/C18H18N2O/c1-13-6-4-5-7-17(13)12-20(3)18-10-15(14(2)21)8-9-16(18)11-19/h4-10H,12H2,1-3H3. The predicted molar refractivity (Wildman–Crippen MR) is 84.4 cm³/mol. The van der Waals surface area contributed by atoms with Crippen LogP contribution in [-0.2, 0) is 6.54 Å². The number of carbonyl (C=O) groups excluding carboxylic acids is 1. The Morgan fingerprint density at radius 1 is 1.24 bits per heavy atom. The monoisotopic (exact) mass is 278 g/mol. The van der Waals surface area contributed by atoms with E-state index in [4.69, 9.17) is 0 Å². The molecule has 2 aromatic rings. The van der Waals surface area contributed by atoms with E-state index in [1.54, 1.807) is 18.2 Å². The van der Waals surface area contributed by atoms with Gasteiger partial charge in [0.15, 0.2) is 5.78 Å². The fourth-order valence-electron chi connectivity index (χ4n) is 2.29. The minimum absolute atomic E-state index is 0.00466. The van der Waals surface area contributed by atoms with Gasteiger partial charge in [-0.15, -0.1) is 0 Å². The molecule has 0 aliphatic heterocycles. The number of nitriles is 1. The molecule has 0 N–H and O–H groups in total. The summed E-state index contributed by atoms with van der Waals surface area (Å²) in [4.78, 5) is 13.5. The predicted octanol–water partition coefficient (Wildman–Crippen LogP) is 3.71. The van der Waals surface area contributed by atoms with E-state index in [1.807, 2.05) is 24.1 Å². The molecule has 0 atom stereocenters. The van der Waals surface area contributed by atoms with Crippen molar-refractivity contribution in [3.8, 4) is 6.07 Å². The molecule has 2 rings (SSSR count). The van der Waals surface area contributed by atoms with E-state index in [1.165, 1.54) is 18.1 Å². The van der Waals surface area contributed by atoms with Crippen LogP contribution < -0.4 is 4.90 Å². The Balaban J connectivity index is 2.36. The van der Waals surface area contributed by atoms with Crippen LogP contribution in [0.2, 0.25) is 0 Å². The summed E-state index contributed by atoms with van der Waals surface area (Å²) in [5.74, 6) is 0.00466. The minimum Gasteiger partial charge on any atom is -0.369 e. The topological polar surface area (TPSA) is 44.1 Å². The lowest BCUT2D eigenvalue weighted by molar-refractivity contribution is 0.101. The van der Waals surface area contributed by atoms with Gasteiger partial charge in [0.2, 0.25) is 0 Å². The molecule has 0 bridgehead atoms. The summed E-state index contributed by atoms with van der Waals surface area (Å²) in [6, 6.07) is 15.6. The lowest BCUT2D eigenvalue weighted by Crippen LogP contribution is -2.18. The molecule has 0 saturated heterocycles. The van der Waals surface area contributed by atoms with Crippen LogP contribution in [0.4, 0.5) is 5.69 Å². The van der Waals surface area contributed by atoms with Gasteiger partial charge in [0, 0.05) is 19.2 Å². The van der Waals surface area contributed by atoms with Gasteiger partial charge in [-0.3, -0.25) is 4.79 Å². The number of Topliss-reactive ketones (excluding diaryl/α,β-unsaturated/α-hetero) is 1. The van der Waals surface area contributed by atoms with Crippen LogP contribution >= 0.6 is 0 Å². The summed E-state index contributed by atoms with van der Waals surface area (Å²) < 4.78 is 0. The average Bonchev–Trinajstić information content (AvgIpc) is 2.48. The second kappa shape index (κ2) is 6.23. The first-order valence-corrected chi connectivity index (χ1v) is 6.83. The zero-order valence-corrected chi connectivity index (χ0v) is 12.6. The molecule has 106 valence electrons.